The molecule has 0 aromatic heterocycles. The number of hydrogen-bond donors (Lipinski definition) is 1. The second-order valence-corrected chi connectivity index (χ2v) is 7.91. The Morgan fingerprint density at radius 1 is 0.909 bits per heavy atom. The van der Waals surface area contributed by atoms with Crippen molar-refractivity contribution in [3.8, 4) is 17.2 Å². The van der Waals surface area contributed by atoms with Gasteiger partial charge in [0.2, 0.25) is 0 Å². The number of hydrogen-bond acceptors (Lipinski definition) is 5. The van der Waals surface area contributed by atoms with Crippen LogP contribution in [0.15, 0.2) is 47.5 Å². The first-order valence-corrected chi connectivity index (χ1v) is 11.0. The van der Waals surface area contributed by atoms with Gasteiger partial charge in [0, 0.05) is 33.7 Å². The summed E-state index contributed by atoms with van der Waals surface area (Å²) in [4.78, 5) is 8.70. The predicted molar refractivity (Wildman–Crippen MR) is 147 cm³/mol. The maximum atomic E-state index is 5.81. The summed E-state index contributed by atoms with van der Waals surface area (Å²) in [6.07, 6.45) is 1.89. The van der Waals surface area contributed by atoms with Gasteiger partial charge in [-0.15, -0.1) is 24.0 Å². The number of rotatable bonds is 12. The molecule has 2 aromatic rings. The highest BCUT2D eigenvalue weighted by Gasteiger charge is 2.09. The van der Waals surface area contributed by atoms with Crippen LogP contribution in [0.5, 0.6) is 17.2 Å². The van der Waals surface area contributed by atoms with E-state index in [9.17, 15) is 0 Å². The lowest BCUT2D eigenvalue weighted by Crippen LogP contribution is -2.39. The predicted octanol–water partition coefficient (Wildman–Crippen LogP) is 3.90. The van der Waals surface area contributed by atoms with Gasteiger partial charge >= 0.3 is 0 Å². The molecule has 0 fully saturated rings. The summed E-state index contributed by atoms with van der Waals surface area (Å²) in [6.45, 7) is 3.29. The fourth-order valence-electron chi connectivity index (χ4n) is 3.28. The van der Waals surface area contributed by atoms with Crippen molar-refractivity contribution >= 4 is 29.9 Å². The molecule has 0 atom stereocenters. The van der Waals surface area contributed by atoms with Gasteiger partial charge in [-0.25, -0.2) is 0 Å². The molecule has 0 bridgehead atoms. The van der Waals surface area contributed by atoms with Gasteiger partial charge in [-0.2, -0.15) is 0 Å². The van der Waals surface area contributed by atoms with Crippen LogP contribution in [0.3, 0.4) is 0 Å². The Balaban J connectivity index is 0.00000544. The molecule has 0 spiro atoms. The smallest absolute Gasteiger partial charge is 0.193 e. The van der Waals surface area contributed by atoms with E-state index in [4.69, 9.17) is 14.2 Å². The van der Waals surface area contributed by atoms with Crippen molar-refractivity contribution in [2.45, 2.75) is 19.4 Å². The number of aliphatic imine (C=N–C) groups is 1. The minimum Gasteiger partial charge on any atom is -0.494 e. The first-order valence-electron chi connectivity index (χ1n) is 11.0. The first-order chi connectivity index (χ1) is 15.5. The lowest BCUT2D eigenvalue weighted by Gasteiger charge is -2.22. The minimum atomic E-state index is 0. The van der Waals surface area contributed by atoms with Gasteiger partial charge in [0.15, 0.2) is 17.5 Å². The second-order valence-electron chi connectivity index (χ2n) is 7.91. The molecule has 2 aromatic carbocycles. The quantitative estimate of drug-likeness (QED) is 0.181. The van der Waals surface area contributed by atoms with E-state index in [0.717, 1.165) is 55.7 Å². The fourth-order valence-corrected chi connectivity index (χ4v) is 3.28. The van der Waals surface area contributed by atoms with Crippen LogP contribution in [0.1, 0.15) is 17.5 Å². The largest absolute Gasteiger partial charge is 0.494 e. The Hall–Kier alpha value is -2.20. The normalized spacial score (nSPS) is 11.1. The molecule has 184 valence electrons. The van der Waals surface area contributed by atoms with Gasteiger partial charge in [0.25, 0.3) is 0 Å². The summed E-state index contributed by atoms with van der Waals surface area (Å²) in [6, 6.07) is 14.3. The van der Waals surface area contributed by atoms with Crippen LogP contribution in [0, 0.1) is 0 Å². The van der Waals surface area contributed by atoms with E-state index in [0.29, 0.717) is 6.54 Å². The summed E-state index contributed by atoms with van der Waals surface area (Å²) < 4.78 is 16.5. The van der Waals surface area contributed by atoms with E-state index in [1.807, 2.05) is 31.3 Å². The molecule has 0 heterocycles. The summed E-state index contributed by atoms with van der Waals surface area (Å²) in [5, 5.41) is 3.43. The van der Waals surface area contributed by atoms with Crippen molar-refractivity contribution in [3.05, 3.63) is 53.6 Å². The number of benzene rings is 2. The third kappa shape index (κ3) is 10.1. The van der Waals surface area contributed by atoms with E-state index in [1.165, 1.54) is 11.1 Å². The highest BCUT2D eigenvalue weighted by Crippen LogP contribution is 2.27. The van der Waals surface area contributed by atoms with E-state index < -0.39 is 0 Å². The Kier molecular flexibility index (Phi) is 13.6. The summed E-state index contributed by atoms with van der Waals surface area (Å²) in [5.41, 5.74) is 2.37. The molecule has 0 aliphatic rings. The number of guanidine groups is 1. The lowest BCUT2D eigenvalue weighted by molar-refractivity contribution is 0.281. The summed E-state index contributed by atoms with van der Waals surface area (Å²) in [7, 11) is 11.3. The molecule has 0 amide bonds. The Morgan fingerprint density at radius 3 is 2.18 bits per heavy atom. The van der Waals surface area contributed by atoms with Crippen LogP contribution < -0.4 is 19.5 Å². The molecular formula is C25H39IN4O3. The average Bonchev–Trinajstić information content (AvgIpc) is 2.81. The van der Waals surface area contributed by atoms with Gasteiger partial charge in [-0.05, 0) is 62.3 Å². The van der Waals surface area contributed by atoms with E-state index in [1.54, 1.807) is 21.3 Å². The molecule has 0 aliphatic carbocycles. The Bertz CT molecular complexity index is 844. The van der Waals surface area contributed by atoms with Gasteiger partial charge < -0.3 is 29.3 Å². The maximum absolute atomic E-state index is 5.81. The van der Waals surface area contributed by atoms with Gasteiger partial charge in [-0.1, -0.05) is 18.2 Å². The summed E-state index contributed by atoms with van der Waals surface area (Å²) in [5.74, 6) is 3.26. The number of nitrogens with one attached hydrogen (secondary N) is 1. The Morgan fingerprint density at radius 2 is 1.58 bits per heavy atom. The zero-order valence-electron chi connectivity index (χ0n) is 20.8. The highest BCUT2D eigenvalue weighted by molar-refractivity contribution is 14.0. The number of likely N-dealkylation sites (N-methyl/N-ethyl adjacent to an activating group) is 1. The molecule has 33 heavy (non-hydrogen) atoms. The average molecular weight is 571 g/mol. The molecule has 0 unspecified atom stereocenters. The first kappa shape index (κ1) is 28.8. The van der Waals surface area contributed by atoms with Crippen molar-refractivity contribution in [3.63, 3.8) is 0 Å². The highest BCUT2D eigenvalue weighted by atomic mass is 127. The lowest BCUT2D eigenvalue weighted by atomic mass is 10.1. The van der Waals surface area contributed by atoms with Gasteiger partial charge in [-0.3, -0.25) is 4.99 Å². The number of nitrogens with zero attached hydrogens (tertiary/aromatic N) is 3. The van der Waals surface area contributed by atoms with E-state index >= 15 is 0 Å². The van der Waals surface area contributed by atoms with Gasteiger partial charge in [0.1, 0.15) is 5.75 Å². The zero-order valence-corrected chi connectivity index (χ0v) is 23.1. The van der Waals surface area contributed by atoms with Crippen molar-refractivity contribution in [1.82, 2.24) is 15.1 Å². The SMILES string of the molecule is CN=C(NCc1ccc(OCCCN(C)C)cc1)N(C)CCc1ccc(OC)c(OC)c1.I. The van der Waals surface area contributed by atoms with Crippen molar-refractivity contribution in [1.29, 1.82) is 0 Å². The van der Waals surface area contributed by atoms with Gasteiger partial charge in [0.05, 0.1) is 20.8 Å². The monoisotopic (exact) mass is 570 g/mol. The van der Waals surface area contributed by atoms with E-state index in [2.05, 4.69) is 52.4 Å². The zero-order chi connectivity index (χ0) is 23.3. The number of halogens is 1. The fraction of sp³-hybridized carbons (Fsp3) is 0.480. The molecule has 8 heteroatoms. The summed E-state index contributed by atoms with van der Waals surface area (Å²) >= 11 is 0. The molecule has 0 radical (unpaired) electrons. The third-order valence-corrected chi connectivity index (χ3v) is 5.15. The van der Waals surface area contributed by atoms with Crippen molar-refractivity contribution < 1.29 is 14.2 Å². The second kappa shape index (κ2) is 15.6. The molecular weight excluding hydrogens is 531 g/mol. The topological polar surface area (TPSA) is 58.6 Å². The van der Waals surface area contributed by atoms with Crippen LogP contribution in [0.2, 0.25) is 0 Å². The van der Waals surface area contributed by atoms with E-state index in [-0.39, 0.29) is 24.0 Å². The minimum absolute atomic E-state index is 0. The molecule has 0 saturated carbocycles. The number of ether oxygens (including phenoxy) is 3. The van der Waals surface area contributed by atoms with Crippen LogP contribution >= 0.6 is 24.0 Å². The Labute approximate surface area is 216 Å². The van der Waals surface area contributed by atoms with Crippen LogP contribution in [-0.2, 0) is 13.0 Å². The van der Waals surface area contributed by atoms with Crippen molar-refractivity contribution in [2.24, 2.45) is 4.99 Å². The molecule has 1 N–H and O–H groups in total. The molecule has 7 nitrogen and oxygen atoms in total. The standard InChI is InChI=1S/C25H38N4O3.HI/c1-26-25(29(4)16-14-20-10-13-23(30-5)24(18-20)31-6)27-19-21-8-11-22(12-9-21)32-17-7-15-28(2)3;/h8-13,18H,7,14-17,19H2,1-6H3,(H,26,27);1H. The van der Waals surface area contributed by atoms with Crippen LogP contribution in [-0.4, -0.2) is 77.9 Å². The van der Waals surface area contributed by atoms with Crippen LogP contribution in [0.25, 0.3) is 0 Å². The maximum Gasteiger partial charge on any atom is 0.193 e. The molecule has 0 aliphatic heterocycles. The number of methoxy groups -OCH3 is 2. The van der Waals surface area contributed by atoms with Crippen molar-refractivity contribution in [2.75, 3.05) is 62.1 Å². The molecule has 0 saturated heterocycles. The van der Waals surface area contributed by atoms with Crippen LogP contribution in [0.4, 0.5) is 0 Å². The third-order valence-electron chi connectivity index (χ3n) is 5.15. The molecule has 2 rings (SSSR count).